The molecule has 2 amide bonds. The largest absolute Gasteiger partial charge is 0.383 e. The van der Waals surface area contributed by atoms with Gasteiger partial charge in [-0.05, 0) is 24.1 Å². The third kappa shape index (κ3) is 4.22. The molecule has 5 N–H and O–H groups in total. The first-order chi connectivity index (χ1) is 15.3. The first kappa shape index (κ1) is 21.6. The lowest BCUT2D eigenvalue weighted by Gasteiger charge is -2.37. The van der Waals surface area contributed by atoms with Gasteiger partial charge in [-0.2, -0.15) is 5.10 Å². The van der Waals surface area contributed by atoms with Crippen molar-refractivity contribution in [1.29, 1.82) is 0 Å². The van der Waals surface area contributed by atoms with Crippen molar-refractivity contribution in [3.63, 3.8) is 0 Å². The molecule has 1 aromatic heterocycles. The van der Waals surface area contributed by atoms with Crippen LogP contribution in [0, 0.1) is 12.3 Å². The van der Waals surface area contributed by atoms with Crippen LogP contribution in [0.25, 0.3) is 11.3 Å². The number of nitrogens with one attached hydrogen (secondary N) is 1. The van der Waals surface area contributed by atoms with Crippen molar-refractivity contribution in [3.05, 3.63) is 70.8 Å². The van der Waals surface area contributed by atoms with Crippen LogP contribution >= 0.6 is 0 Å². The fourth-order valence-corrected chi connectivity index (χ4v) is 3.83. The molecule has 8 nitrogen and oxygen atoms in total. The average Bonchev–Trinajstić information content (AvgIpc) is 3.07. The Bertz CT molecular complexity index is 1160. The Kier molecular flexibility index (Phi) is 5.71. The number of benzene rings is 2. The molecule has 0 radical (unpaired) electrons. The van der Waals surface area contributed by atoms with Gasteiger partial charge in [-0.3, -0.25) is 9.59 Å². The minimum Gasteiger partial charge on any atom is -0.383 e. The van der Waals surface area contributed by atoms with Gasteiger partial charge in [-0.15, -0.1) is 0 Å². The molecule has 166 valence electrons. The van der Waals surface area contributed by atoms with Crippen molar-refractivity contribution in [2.45, 2.75) is 26.9 Å². The SMILES string of the molecule is Cc1ccccc1C(=O)NCc1ccc(-c2nn(CC3(C)COC3)c(N)c2C(N)=O)cc1. The molecule has 1 fully saturated rings. The zero-order valence-electron chi connectivity index (χ0n) is 18.2. The number of hydrogen-bond donors (Lipinski definition) is 3. The highest BCUT2D eigenvalue weighted by Crippen LogP contribution is 2.33. The van der Waals surface area contributed by atoms with Crippen molar-refractivity contribution < 1.29 is 14.3 Å². The molecule has 1 aliphatic rings. The normalized spacial score (nSPS) is 14.6. The molecule has 0 aliphatic carbocycles. The lowest BCUT2D eigenvalue weighted by atomic mass is 9.89. The molecule has 1 aliphatic heterocycles. The summed E-state index contributed by atoms with van der Waals surface area (Å²) in [6.07, 6.45) is 0. The van der Waals surface area contributed by atoms with Crippen molar-refractivity contribution >= 4 is 17.6 Å². The minimum absolute atomic E-state index is 0.0640. The van der Waals surface area contributed by atoms with Crippen LogP contribution in [0.2, 0.25) is 0 Å². The number of carbonyl (C=O) groups is 2. The van der Waals surface area contributed by atoms with E-state index in [9.17, 15) is 9.59 Å². The number of carbonyl (C=O) groups excluding carboxylic acids is 2. The van der Waals surface area contributed by atoms with Crippen LogP contribution in [0.4, 0.5) is 5.82 Å². The molecule has 0 bridgehead atoms. The number of amides is 2. The Morgan fingerprint density at radius 3 is 2.44 bits per heavy atom. The third-order valence-electron chi connectivity index (χ3n) is 5.74. The Balaban J connectivity index is 1.51. The molecule has 0 saturated carbocycles. The number of nitrogens with zero attached hydrogens (tertiary/aromatic N) is 2. The summed E-state index contributed by atoms with van der Waals surface area (Å²) in [6.45, 7) is 6.16. The first-order valence-electron chi connectivity index (χ1n) is 10.4. The summed E-state index contributed by atoms with van der Waals surface area (Å²) < 4.78 is 6.94. The van der Waals surface area contributed by atoms with Gasteiger partial charge in [0.2, 0.25) is 0 Å². The summed E-state index contributed by atoms with van der Waals surface area (Å²) in [4.78, 5) is 24.5. The van der Waals surface area contributed by atoms with Crippen molar-refractivity contribution in [2.75, 3.05) is 18.9 Å². The maximum absolute atomic E-state index is 12.4. The fourth-order valence-electron chi connectivity index (χ4n) is 3.83. The number of aryl methyl sites for hydroxylation is 1. The lowest BCUT2D eigenvalue weighted by Crippen LogP contribution is -2.43. The van der Waals surface area contributed by atoms with E-state index in [-0.39, 0.29) is 22.7 Å². The molecule has 0 unspecified atom stereocenters. The standard InChI is InChI=1S/C24H27N5O3/c1-15-5-3-4-6-18(15)23(31)27-11-16-7-9-17(10-8-16)20-19(22(26)30)21(25)29(28-20)12-24(2)13-32-14-24/h3-10H,11-14,25H2,1-2H3,(H2,26,30)(H,27,31). The quantitative estimate of drug-likeness (QED) is 0.528. The molecule has 0 spiro atoms. The van der Waals surface area contributed by atoms with Crippen LogP contribution in [-0.2, 0) is 17.8 Å². The summed E-state index contributed by atoms with van der Waals surface area (Å²) >= 11 is 0. The summed E-state index contributed by atoms with van der Waals surface area (Å²) in [6, 6.07) is 14.9. The monoisotopic (exact) mass is 433 g/mol. The smallest absolute Gasteiger partial charge is 0.254 e. The molecule has 8 heteroatoms. The topological polar surface area (TPSA) is 125 Å². The van der Waals surface area contributed by atoms with Crippen LogP contribution in [0.1, 0.15) is 38.8 Å². The lowest BCUT2D eigenvalue weighted by molar-refractivity contribution is -0.111. The first-order valence-corrected chi connectivity index (χ1v) is 10.4. The maximum Gasteiger partial charge on any atom is 0.254 e. The number of nitrogens with two attached hydrogens (primary N) is 2. The second-order valence-electron chi connectivity index (χ2n) is 8.63. The highest BCUT2D eigenvalue weighted by atomic mass is 16.5. The molecule has 1 saturated heterocycles. The number of aromatic nitrogens is 2. The number of anilines is 1. The minimum atomic E-state index is -0.617. The average molecular weight is 434 g/mol. The Labute approximate surface area is 186 Å². The zero-order chi connectivity index (χ0) is 22.9. The number of ether oxygens (including phenoxy) is 1. The van der Waals surface area contributed by atoms with E-state index in [1.54, 1.807) is 10.7 Å². The predicted octanol–water partition coefficient (Wildman–Crippen LogP) is 2.51. The third-order valence-corrected chi connectivity index (χ3v) is 5.74. The van der Waals surface area contributed by atoms with Crippen molar-refractivity contribution in [2.24, 2.45) is 11.1 Å². The van der Waals surface area contributed by atoms with Crippen LogP contribution < -0.4 is 16.8 Å². The van der Waals surface area contributed by atoms with Gasteiger partial charge in [-0.25, -0.2) is 4.68 Å². The number of primary amides is 1. The Hall–Kier alpha value is -3.65. The Morgan fingerprint density at radius 2 is 1.84 bits per heavy atom. The summed E-state index contributed by atoms with van der Waals surface area (Å²) in [5.74, 6) is -0.480. The van der Waals surface area contributed by atoms with Gasteiger partial charge >= 0.3 is 0 Å². The highest BCUT2D eigenvalue weighted by Gasteiger charge is 2.35. The number of rotatable bonds is 7. The maximum atomic E-state index is 12.4. The van der Waals surface area contributed by atoms with E-state index in [1.165, 1.54) is 0 Å². The number of nitrogen functional groups attached to an aromatic ring is 1. The van der Waals surface area contributed by atoms with Crippen molar-refractivity contribution in [3.8, 4) is 11.3 Å². The molecule has 4 rings (SSSR count). The van der Waals surface area contributed by atoms with Gasteiger partial charge in [0, 0.05) is 23.1 Å². The van der Waals surface area contributed by atoms with Crippen LogP contribution in [0.3, 0.4) is 0 Å². The molecule has 0 atom stereocenters. The molecule has 2 heterocycles. The van der Waals surface area contributed by atoms with Gasteiger partial charge in [-0.1, -0.05) is 49.4 Å². The predicted molar refractivity (Wildman–Crippen MR) is 122 cm³/mol. The van der Waals surface area contributed by atoms with Gasteiger partial charge in [0.25, 0.3) is 11.8 Å². The Morgan fingerprint density at radius 1 is 1.16 bits per heavy atom. The van der Waals surface area contributed by atoms with E-state index in [4.69, 9.17) is 16.2 Å². The summed E-state index contributed by atoms with van der Waals surface area (Å²) in [5.41, 5.74) is 15.7. The zero-order valence-corrected chi connectivity index (χ0v) is 18.2. The van der Waals surface area contributed by atoms with E-state index in [0.717, 1.165) is 16.7 Å². The van der Waals surface area contributed by atoms with E-state index in [1.807, 2.05) is 49.4 Å². The summed E-state index contributed by atoms with van der Waals surface area (Å²) in [5, 5.41) is 7.52. The van der Waals surface area contributed by atoms with Crippen LogP contribution in [0.15, 0.2) is 48.5 Å². The fraction of sp³-hybridized carbons (Fsp3) is 0.292. The van der Waals surface area contributed by atoms with Gasteiger partial charge in [0.05, 0.1) is 19.8 Å². The van der Waals surface area contributed by atoms with Crippen LogP contribution in [0.5, 0.6) is 0 Å². The van der Waals surface area contributed by atoms with Gasteiger partial charge < -0.3 is 21.5 Å². The number of hydrogen-bond acceptors (Lipinski definition) is 5. The van der Waals surface area contributed by atoms with E-state index >= 15 is 0 Å². The van der Waals surface area contributed by atoms with Crippen molar-refractivity contribution in [1.82, 2.24) is 15.1 Å². The second kappa shape index (κ2) is 8.47. The van der Waals surface area contributed by atoms with Gasteiger partial charge in [0.15, 0.2) is 0 Å². The molecule has 3 aromatic rings. The highest BCUT2D eigenvalue weighted by molar-refractivity contribution is 6.03. The van der Waals surface area contributed by atoms with E-state index < -0.39 is 5.91 Å². The van der Waals surface area contributed by atoms with E-state index in [0.29, 0.717) is 37.6 Å². The molecular weight excluding hydrogens is 406 g/mol. The van der Waals surface area contributed by atoms with Gasteiger partial charge in [0.1, 0.15) is 17.1 Å². The molecule has 32 heavy (non-hydrogen) atoms. The van der Waals surface area contributed by atoms with Crippen LogP contribution in [-0.4, -0.2) is 34.8 Å². The molecular formula is C24H27N5O3. The van der Waals surface area contributed by atoms with E-state index in [2.05, 4.69) is 17.3 Å². The summed E-state index contributed by atoms with van der Waals surface area (Å²) in [7, 11) is 0. The molecule has 2 aromatic carbocycles. The second-order valence-corrected chi connectivity index (χ2v) is 8.63.